The molecule has 0 saturated heterocycles. The highest BCUT2D eigenvalue weighted by atomic mass is 16.6. The third-order valence-electron chi connectivity index (χ3n) is 3.22. The van der Waals surface area contributed by atoms with Gasteiger partial charge in [-0.3, -0.25) is 10.1 Å². The highest BCUT2D eigenvalue weighted by molar-refractivity contribution is 5.56. The van der Waals surface area contributed by atoms with Gasteiger partial charge in [-0.15, -0.1) is 0 Å². The van der Waals surface area contributed by atoms with Gasteiger partial charge in [0.1, 0.15) is 6.20 Å². The van der Waals surface area contributed by atoms with E-state index in [0.717, 1.165) is 12.6 Å². The molecule has 0 spiro atoms. The first-order valence-electron chi connectivity index (χ1n) is 5.41. The molecule has 0 radical (unpaired) electrons. The third kappa shape index (κ3) is 2.43. The summed E-state index contributed by atoms with van der Waals surface area (Å²) >= 11 is 0. The molecule has 0 amide bonds. The van der Waals surface area contributed by atoms with E-state index in [4.69, 9.17) is 5.73 Å². The van der Waals surface area contributed by atoms with Crippen LogP contribution in [0.1, 0.15) is 20.3 Å². The van der Waals surface area contributed by atoms with Crippen LogP contribution in [0, 0.1) is 21.4 Å². The number of nitrogens with zero attached hydrogens (tertiary/aromatic N) is 3. The van der Waals surface area contributed by atoms with E-state index in [-0.39, 0.29) is 17.5 Å². The summed E-state index contributed by atoms with van der Waals surface area (Å²) in [6, 6.07) is 0. The molecule has 0 aliphatic heterocycles. The van der Waals surface area contributed by atoms with Crippen molar-refractivity contribution in [3.8, 4) is 0 Å². The van der Waals surface area contributed by atoms with Gasteiger partial charge in [0, 0.05) is 6.54 Å². The van der Waals surface area contributed by atoms with E-state index in [2.05, 4.69) is 29.1 Å². The molecule has 1 aromatic heterocycles. The van der Waals surface area contributed by atoms with Crippen molar-refractivity contribution in [3.05, 3.63) is 16.3 Å². The van der Waals surface area contributed by atoms with Crippen LogP contribution in [0.2, 0.25) is 0 Å². The van der Waals surface area contributed by atoms with Crippen LogP contribution < -0.4 is 11.1 Å². The summed E-state index contributed by atoms with van der Waals surface area (Å²) < 4.78 is 0. The summed E-state index contributed by atoms with van der Waals surface area (Å²) in [4.78, 5) is 17.7. The largest absolute Gasteiger partial charge is 0.368 e. The van der Waals surface area contributed by atoms with Gasteiger partial charge < -0.3 is 11.1 Å². The Morgan fingerprint density at radius 2 is 2.35 bits per heavy atom. The van der Waals surface area contributed by atoms with Crippen LogP contribution in [0.5, 0.6) is 0 Å². The quantitative estimate of drug-likeness (QED) is 0.605. The molecule has 17 heavy (non-hydrogen) atoms. The number of hydrogen-bond donors (Lipinski definition) is 2. The van der Waals surface area contributed by atoms with E-state index >= 15 is 0 Å². The number of hydrogen-bond acceptors (Lipinski definition) is 6. The molecule has 1 atom stereocenters. The van der Waals surface area contributed by atoms with Crippen molar-refractivity contribution >= 4 is 17.5 Å². The average molecular weight is 237 g/mol. The lowest BCUT2D eigenvalue weighted by molar-refractivity contribution is -0.384. The fraction of sp³-hybridized carbons (Fsp3) is 0.600. The molecule has 1 aliphatic carbocycles. The van der Waals surface area contributed by atoms with Gasteiger partial charge in [-0.1, -0.05) is 13.8 Å². The Balaban J connectivity index is 2.09. The SMILES string of the molecule is CC1(C)CC1CNc1nc(N)ncc1[N+](=O)[O-]. The Morgan fingerprint density at radius 3 is 2.88 bits per heavy atom. The van der Waals surface area contributed by atoms with Crippen LogP contribution in [0.25, 0.3) is 0 Å². The zero-order valence-corrected chi connectivity index (χ0v) is 9.80. The van der Waals surface area contributed by atoms with Crippen molar-refractivity contribution in [3.63, 3.8) is 0 Å². The zero-order chi connectivity index (χ0) is 12.6. The maximum Gasteiger partial charge on any atom is 0.329 e. The van der Waals surface area contributed by atoms with E-state index in [9.17, 15) is 10.1 Å². The molecule has 1 aliphatic rings. The van der Waals surface area contributed by atoms with Crippen molar-refractivity contribution in [2.24, 2.45) is 11.3 Å². The molecule has 1 fully saturated rings. The summed E-state index contributed by atoms with van der Waals surface area (Å²) in [6.07, 6.45) is 2.25. The Bertz CT molecular complexity index is 460. The Morgan fingerprint density at radius 1 is 1.71 bits per heavy atom. The number of rotatable bonds is 4. The lowest BCUT2D eigenvalue weighted by atomic mass is 10.1. The Kier molecular flexibility index (Phi) is 2.60. The maximum absolute atomic E-state index is 10.8. The topological polar surface area (TPSA) is 107 Å². The van der Waals surface area contributed by atoms with Crippen molar-refractivity contribution in [2.75, 3.05) is 17.6 Å². The smallest absolute Gasteiger partial charge is 0.329 e. The van der Waals surface area contributed by atoms with E-state index in [1.165, 1.54) is 0 Å². The van der Waals surface area contributed by atoms with Gasteiger partial charge in [0.15, 0.2) is 0 Å². The minimum absolute atomic E-state index is 0.0353. The summed E-state index contributed by atoms with van der Waals surface area (Å²) in [7, 11) is 0. The predicted molar refractivity (Wildman–Crippen MR) is 63.5 cm³/mol. The lowest BCUT2D eigenvalue weighted by Gasteiger charge is -2.07. The molecule has 7 heteroatoms. The summed E-state index contributed by atoms with van der Waals surface area (Å²) in [6.45, 7) is 5.01. The van der Waals surface area contributed by atoms with Crippen molar-refractivity contribution < 1.29 is 4.92 Å². The highest BCUT2D eigenvalue weighted by Crippen LogP contribution is 2.51. The molecule has 7 nitrogen and oxygen atoms in total. The third-order valence-corrected chi connectivity index (χ3v) is 3.22. The van der Waals surface area contributed by atoms with Crippen LogP contribution in [0.3, 0.4) is 0 Å². The second-order valence-electron chi connectivity index (χ2n) is 4.99. The monoisotopic (exact) mass is 237 g/mol. The molecule has 1 aromatic rings. The maximum atomic E-state index is 10.8. The standard InChI is InChI=1S/C10H15N5O2/c1-10(2)3-6(10)4-12-8-7(15(16)17)5-13-9(11)14-8/h5-6H,3-4H2,1-2H3,(H3,11,12,13,14). The van der Waals surface area contributed by atoms with Gasteiger partial charge in [0.2, 0.25) is 11.8 Å². The molecular formula is C10H15N5O2. The minimum atomic E-state index is -0.514. The second kappa shape index (κ2) is 3.83. The number of nitrogen functional groups attached to an aromatic ring is 1. The molecule has 3 N–H and O–H groups in total. The van der Waals surface area contributed by atoms with Crippen LogP contribution >= 0.6 is 0 Å². The van der Waals surface area contributed by atoms with E-state index in [1.807, 2.05) is 0 Å². The first kappa shape index (κ1) is 11.6. The van der Waals surface area contributed by atoms with Crippen molar-refractivity contribution in [2.45, 2.75) is 20.3 Å². The van der Waals surface area contributed by atoms with Gasteiger partial charge in [0.25, 0.3) is 0 Å². The minimum Gasteiger partial charge on any atom is -0.368 e. The average Bonchev–Trinajstić information content (AvgIpc) is 2.83. The van der Waals surface area contributed by atoms with E-state index < -0.39 is 4.92 Å². The first-order chi connectivity index (χ1) is 7.90. The van der Waals surface area contributed by atoms with Gasteiger partial charge in [0.05, 0.1) is 4.92 Å². The summed E-state index contributed by atoms with van der Waals surface area (Å²) in [5, 5.41) is 13.7. The van der Waals surface area contributed by atoms with Gasteiger partial charge in [-0.2, -0.15) is 4.98 Å². The normalized spacial score (nSPS) is 20.9. The number of aromatic nitrogens is 2. The highest BCUT2D eigenvalue weighted by Gasteiger charge is 2.45. The molecule has 0 bridgehead atoms. The first-order valence-corrected chi connectivity index (χ1v) is 5.41. The second-order valence-corrected chi connectivity index (χ2v) is 4.99. The molecule has 0 aromatic carbocycles. The zero-order valence-electron chi connectivity index (χ0n) is 9.80. The van der Waals surface area contributed by atoms with Gasteiger partial charge in [-0.05, 0) is 17.8 Å². The summed E-state index contributed by atoms with van der Waals surface area (Å²) in [5.74, 6) is 0.761. The van der Waals surface area contributed by atoms with Crippen LogP contribution in [0.4, 0.5) is 17.5 Å². The lowest BCUT2D eigenvalue weighted by Crippen LogP contribution is -2.11. The molecule has 1 saturated carbocycles. The Labute approximate surface area is 98.6 Å². The molecule has 2 rings (SSSR count). The van der Waals surface area contributed by atoms with Crippen LogP contribution in [-0.4, -0.2) is 21.4 Å². The molecule has 92 valence electrons. The molecular weight excluding hydrogens is 222 g/mol. The number of nitro groups is 1. The van der Waals surface area contributed by atoms with Gasteiger partial charge in [-0.25, -0.2) is 4.98 Å². The summed E-state index contributed by atoms with van der Waals surface area (Å²) in [5.41, 5.74) is 5.60. The van der Waals surface area contributed by atoms with E-state index in [0.29, 0.717) is 17.9 Å². The number of anilines is 2. The van der Waals surface area contributed by atoms with E-state index in [1.54, 1.807) is 0 Å². The van der Waals surface area contributed by atoms with Crippen LogP contribution in [-0.2, 0) is 0 Å². The van der Waals surface area contributed by atoms with Crippen molar-refractivity contribution in [1.82, 2.24) is 9.97 Å². The Hall–Kier alpha value is -1.92. The number of nitrogens with two attached hydrogens (primary N) is 1. The predicted octanol–water partition coefficient (Wildman–Crippen LogP) is 1.42. The molecule has 1 unspecified atom stereocenters. The fourth-order valence-corrected chi connectivity index (χ4v) is 1.80. The number of nitrogens with one attached hydrogen (secondary N) is 1. The molecule has 1 heterocycles. The fourth-order valence-electron chi connectivity index (χ4n) is 1.80. The van der Waals surface area contributed by atoms with Gasteiger partial charge >= 0.3 is 5.69 Å². The van der Waals surface area contributed by atoms with Crippen molar-refractivity contribution in [1.29, 1.82) is 0 Å². The van der Waals surface area contributed by atoms with Crippen LogP contribution in [0.15, 0.2) is 6.20 Å².